The summed E-state index contributed by atoms with van der Waals surface area (Å²) >= 11 is 1.45. The first-order chi connectivity index (χ1) is 10.0. The normalized spacial score (nSPS) is 12.2. The molecular weight excluding hydrogens is 292 g/mol. The van der Waals surface area contributed by atoms with Crippen molar-refractivity contribution in [1.29, 1.82) is 0 Å². The maximum absolute atomic E-state index is 14.1. The van der Waals surface area contributed by atoms with Gasteiger partial charge in [-0.2, -0.15) is 0 Å². The third kappa shape index (κ3) is 3.95. The fourth-order valence-electron chi connectivity index (χ4n) is 2.01. The predicted octanol–water partition coefficient (Wildman–Crippen LogP) is 4.37. The van der Waals surface area contributed by atoms with Gasteiger partial charge >= 0.3 is 0 Å². The topological polar surface area (TPSA) is 35.2 Å². The molecule has 0 aromatic heterocycles. The van der Waals surface area contributed by atoms with Crippen LogP contribution in [0, 0.1) is 11.6 Å². The van der Waals surface area contributed by atoms with E-state index in [0.29, 0.717) is 17.7 Å². The number of hydrogen-bond donors (Lipinski definition) is 1. The minimum absolute atomic E-state index is 0.159. The molecular formula is C16H17F2NOS. The number of benzene rings is 2. The van der Waals surface area contributed by atoms with Crippen LogP contribution < -0.4 is 10.5 Å². The first-order valence-corrected chi connectivity index (χ1v) is 7.78. The molecule has 0 spiro atoms. The molecule has 21 heavy (non-hydrogen) atoms. The van der Waals surface area contributed by atoms with Crippen LogP contribution in [0.25, 0.3) is 0 Å². The van der Waals surface area contributed by atoms with Gasteiger partial charge in [0.1, 0.15) is 5.75 Å². The lowest BCUT2D eigenvalue weighted by atomic mass is 10.1. The van der Waals surface area contributed by atoms with E-state index in [9.17, 15) is 8.78 Å². The van der Waals surface area contributed by atoms with Gasteiger partial charge in [0, 0.05) is 10.9 Å². The fraction of sp³-hybridized carbons (Fsp3) is 0.250. The third-order valence-corrected chi connectivity index (χ3v) is 3.67. The zero-order chi connectivity index (χ0) is 15.4. The lowest BCUT2D eigenvalue weighted by molar-refractivity contribution is 0.399. The highest BCUT2D eigenvalue weighted by molar-refractivity contribution is 7.98. The van der Waals surface area contributed by atoms with Crippen molar-refractivity contribution in [3.63, 3.8) is 0 Å². The van der Waals surface area contributed by atoms with Gasteiger partial charge < -0.3 is 10.5 Å². The molecule has 112 valence electrons. The van der Waals surface area contributed by atoms with Gasteiger partial charge in [-0.1, -0.05) is 12.1 Å². The SMILES string of the molecule is CSc1ccccc1Oc1c(F)cc(CC(C)N)cc1F. The average Bonchev–Trinajstić information content (AvgIpc) is 2.42. The second-order valence-corrected chi connectivity index (χ2v) is 5.67. The molecule has 0 saturated heterocycles. The quantitative estimate of drug-likeness (QED) is 0.833. The molecule has 1 atom stereocenters. The summed E-state index contributed by atoms with van der Waals surface area (Å²) in [5.74, 6) is -1.39. The molecule has 2 N–H and O–H groups in total. The highest BCUT2D eigenvalue weighted by atomic mass is 32.2. The van der Waals surface area contributed by atoms with Crippen molar-refractivity contribution in [2.45, 2.75) is 24.3 Å². The Morgan fingerprint density at radius 2 is 1.81 bits per heavy atom. The Kier molecular flexibility index (Phi) is 5.20. The van der Waals surface area contributed by atoms with Crippen molar-refractivity contribution in [1.82, 2.24) is 0 Å². The number of hydrogen-bond acceptors (Lipinski definition) is 3. The summed E-state index contributed by atoms with van der Waals surface area (Å²) in [4.78, 5) is 0.816. The molecule has 0 amide bonds. The van der Waals surface area contributed by atoms with Crippen LogP contribution in [-0.2, 0) is 6.42 Å². The van der Waals surface area contributed by atoms with Crippen molar-refractivity contribution in [2.75, 3.05) is 6.26 Å². The third-order valence-electron chi connectivity index (χ3n) is 2.90. The molecule has 0 aliphatic carbocycles. The van der Waals surface area contributed by atoms with Crippen molar-refractivity contribution in [2.24, 2.45) is 5.73 Å². The largest absolute Gasteiger partial charge is 0.450 e. The van der Waals surface area contributed by atoms with E-state index < -0.39 is 11.6 Å². The molecule has 0 aliphatic rings. The number of rotatable bonds is 5. The predicted molar refractivity (Wildman–Crippen MR) is 82.0 cm³/mol. The number of para-hydroxylation sites is 1. The van der Waals surface area contributed by atoms with E-state index in [0.717, 1.165) is 4.90 Å². The highest BCUT2D eigenvalue weighted by Crippen LogP contribution is 2.34. The number of halogens is 2. The van der Waals surface area contributed by atoms with Gasteiger partial charge in [-0.3, -0.25) is 0 Å². The molecule has 1 unspecified atom stereocenters. The van der Waals surface area contributed by atoms with Gasteiger partial charge in [-0.15, -0.1) is 11.8 Å². The molecule has 2 aromatic carbocycles. The number of thioether (sulfide) groups is 1. The molecule has 0 heterocycles. The van der Waals surface area contributed by atoms with Crippen LogP contribution in [0.5, 0.6) is 11.5 Å². The van der Waals surface area contributed by atoms with E-state index in [4.69, 9.17) is 10.5 Å². The van der Waals surface area contributed by atoms with Gasteiger partial charge in [0.2, 0.25) is 0 Å². The van der Waals surface area contributed by atoms with Crippen LogP contribution >= 0.6 is 11.8 Å². The van der Waals surface area contributed by atoms with Crippen LogP contribution in [0.1, 0.15) is 12.5 Å². The molecule has 5 heteroatoms. The minimum Gasteiger partial charge on any atom is -0.450 e. The lowest BCUT2D eigenvalue weighted by Crippen LogP contribution is -2.18. The average molecular weight is 309 g/mol. The van der Waals surface area contributed by atoms with Crippen molar-refractivity contribution < 1.29 is 13.5 Å². The monoisotopic (exact) mass is 309 g/mol. The maximum Gasteiger partial charge on any atom is 0.198 e. The van der Waals surface area contributed by atoms with E-state index >= 15 is 0 Å². The Labute approximate surface area is 127 Å². The van der Waals surface area contributed by atoms with Crippen LogP contribution in [0.3, 0.4) is 0 Å². The molecule has 2 nitrogen and oxygen atoms in total. The van der Waals surface area contributed by atoms with E-state index in [1.165, 1.54) is 23.9 Å². The van der Waals surface area contributed by atoms with E-state index in [1.807, 2.05) is 18.4 Å². The summed E-state index contributed by atoms with van der Waals surface area (Å²) in [7, 11) is 0. The summed E-state index contributed by atoms with van der Waals surface area (Å²) in [6, 6.07) is 9.49. The fourth-order valence-corrected chi connectivity index (χ4v) is 2.54. The van der Waals surface area contributed by atoms with Gasteiger partial charge in [0.25, 0.3) is 0 Å². The van der Waals surface area contributed by atoms with Crippen molar-refractivity contribution >= 4 is 11.8 Å². The number of nitrogens with two attached hydrogens (primary N) is 1. The van der Waals surface area contributed by atoms with Crippen molar-refractivity contribution in [3.05, 3.63) is 53.6 Å². The van der Waals surface area contributed by atoms with Crippen molar-refractivity contribution in [3.8, 4) is 11.5 Å². The summed E-state index contributed by atoms with van der Waals surface area (Å²) in [6.07, 6.45) is 2.29. The van der Waals surface area contributed by atoms with Gasteiger partial charge in [-0.25, -0.2) is 8.78 Å². The van der Waals surface area contributed by atoms with Gasteiger partial charge in [0.15, 0.2) is 17.4 Å². The zero-order valence-electron chi connectivity index (χ0n) is 11.9. The summed E-state index contributed by atoms with van der Waals surface area (Å²) < 4.78 is 33.6. The summed E-state index contributed by atoms with van der Waals surface area (Å²) in [5, 5.41) is 0. The molecule has 0 saturated carbocycles. The number of ether oxygens (including phenoxy) is 1. The standard InChI is InChI=1S/C16H17F2NOS/c1-10(19)7-11-8-12(17)16(13(18)9-11)20-14-5-3-4-6-15(14)21-2/h3-6,8-10H,7,19H2,1-2H3. The van der Waals surface area contributed by atoms with Gasteiger partial charge in [-0.05, 0) is 49.4 Å². The smallest absolute Gasteiger partial charge is 0.198 e. The Hall–Kier alpha value is -1.59. The summed E-state index contributed by atoms with van der Waals surface area (Å²) in [5.41, 5.74) is 6.16. The Balaban J connectivity index is 2.32. The lowest BCUT2D eigenvalue weighted by Gasteiger charge is -2.13. The molecule has 0 radical (unpaired) electrons. The molecule has 0 bridgehead atoms. The first kappa shape index (κ1) is 15.8. The molecule has 2 rings (SSSR count). The zero-order valence-corrected chi connectivity index (χ0v) is 12.7. The van der Waals surface area contributed by atoms with Gasteiger partial charge in [0.05, 0.1) is 0 Å². The molecule has 0 fully saturated rings. The van der Waals surface area contributed by atoms with Crippen LogP contribution in [-0.4, -0.2) is 12.3 Å². The minimum atomic E-state index is -0.721. The van der Waals surface area contributed by atoms with E-state index in [1.54, 1.807) is 19.1 Å². The second kappa shape index (κ2) is 6.91. The highest BCUT2D eigenvalue weighted by Gasteiger charge is 2.15. The van der Waals surface area contributed by atoms with E-state index in [-0.39, 0.29) is 11.8 Å². The van der Waals surface area contributed by atoms with E-state index in [2.05, 4.69) is 0 Å². The first-order valence-electron chi connectivity index (χ1n) is 6.55. The Morgan fingerprint density at radius 1 is 1.19 bits per heavy atom. The second-order valence-electron chi connectivity index (χ2n) is 4.82. The molecule has 0 aliphatic heterocycles. The van der Waals surface area contributed by atoms with Crippen LogP contribution in [0.2, 0.25) is 0 Å². The van der Waals surface area contributed by atoms with Crippen LogP contribution in [0.15, 0.2) is 41.3 Å². The van der Waals surface area contributed by atoms with Crippen LogP contribution in [0.4, 0.5) is 8.78 Å². The molecule has 2 aromatic rings. The maximum atomic E-state index is 14.1. The Bertz CT molecular complexity index is 608. The summed E-state index contributed by atoms with van der Waals surface area (Å²) in [6.45, 7) is 1.79. The Morgan fingerprint density at radius 3 is 2.38 bits per heavy atom.